The largest absolute Gasteiger partial charge is 0.486 e. The fraction of sp³-hybridized carbons (Fsp3) is 0.333. The average molecular weight is 546 g/mol. The normalized spacial score (nSPS) is 16.9. The molecular formula is C27H30ClF2N5O3. The van der Waals surface area contributed by atoms with Gasteiger partial charge in [0.1, 0.15) is 29.5 Å². The van der Waals surface area contributed by atoms with Crippen LogP contribution in [0.4, 0.5) is 8.78 Å². The summed E-state index contributed by atoms with van der Waals surface area (Å²) in [5, 5.41) is 10.6. The van der Waals surface area contributed by atoms with E-state index in [0.29, 0.717) is 23.5 Å². The molecule has 202 valence electrons. The highest BCUT2D eigenvalue weighted by Crippen LogP contribution is 2.32. The van der Waals surface area contributed by atoms with Crippen molar-refractivity contribution in [3.8, 4) is 0 Å². The molecule has 2 aromatic rings. The van der Waals surface area contributed by atoms with Gasteiger partial charge in [-0.1, -0.05) is 11.6 Å². The number of rotatable bonds is 9. The first kappa shape index (κ1) is 28.9. The van der Waals surface area contributed by atoms with Crippen LogP contribution in [0, 0.1) is 11.6 Å². The summed E-state index contributed by atoms with van der Waals surface area (Å²) in [4.78, 5) is 28.1. The zero-order valence-corrected chi connectivity index (χ0v) is 22.8. The van der Waals surface area contributed by atoms with Gasteiger partial charge in [-0.25, -0.2) is 18.7 Å². The summed E-state index contributed by atoms with van der Waals surface area (Å²) in [6.45, 7) is 8.09. The van der Waals surface area contributed by atoms with Crippen LogP contribution < -0.4 is 0 Å². The molecule has 1 aliphatic rings. The van der Waals surface area contributed by atoms with Crippen LogP contribution in [0.5, 0.6) is 0 Å². The van der Waals surface area contributed by atoms with Crippen LogP contribution in [0.1, 0.15) is 57.9 Å². The van der Waals surface area contributed by atoms with Gasteiger partial charge in [-0.3, -0.25) is 14.7 Å². The maximum absolute atomic E-state index is 14.0. The van der Waals surface area contributed by atoms with Crippen LogP contribution in [0.3, 0.4) is 0 Å². The molecule has 38 heavy (non-hydrogen) atoms. The third kappa shape index (κ3) is 6.81. The van der Waals surface area contributed by atoms with E-state index in [4.69, 9.17) is 16.3 Å². The second-order valence-electron chi connectivity index (χ2n) is 9.37. The quantitative estimate of drug-likeness (QED) is 0.263. The Morgan fingerprint density at radius 3 is 2.63 bits per heavy atom. The number of halogens is 3. The second-order valence-corrected chi connectivity index (χ2v) is 9.93. The summed E-state index contributed by atoms with van der Waals surface area (Å²) >= 11 is 6.22. The summed E-state index contributed by atoms with van der Waals surface area (Å²) in [7, 11) is 1.88. The predicted molar refractivity (Wildman–Crippen MR) is 139 cm³/mol. The third-order valence-corrected chi connectivity index (χ3v) is 5.94. The smallest absolute Gasteiger partial charge is 0.218 e. The van der Waals surface area contributed by atoms with Gasteiger partial charge in [0.15, 0.2) is 11.6 Å². The van der Waals surface area contributed by atoms with Crippen LogP contribution in [0.25, 0.3) is 0 Å². The number of amides is 1. The summed E-state index contributed by atoms with van der Waals surface area (Å²) in [6, 6.07) is 2.13. The molecule has 0 spiro atoms. The van der Waals surface area contributed by atoms with Crippen molar-refractivity contribution in [2.24, 2.45) is 0 Å². The van der Waals surface area contributed by atoms with Gasteiger partial charge in [0.05, 0.1) is 28.7 Å². The van der Waals surface area contributed by atoms with Crippen molar-refractivity contribution in [1.29, 1.82) is 0 Å². The fourth-order valence-electron chi connectivity index (χ4n) is 3.77. The second kappa shape index (κ2) is 11.8. The molecule has 3 heterocycles. The lowest BCUT2D eigenvalue weighted by atomic mass is 10.0. The number of carbonyl (C=O) groups excluding carboxylic acids is 1. The van der Waals surface area contributed by atoms with E-state index in [0.717, 1.165) is 17.8 Å². The Balaban J connectivity index is 1.92. The summed E-state index contributed by atoms with van der Waals surface area (Å²) in [6.07, 6.45) is 8.47. The maximum Gasteiger partial charge on any atom is 0.218 e. The average Bonchev–Trinajstić information content (AvgIpc) is 2.83. The number of allylic oxidation sites excluding steroid dienone is 4. The van der Waals surface area contributed by atoms with E-state index in [9.17, 15) is 18.7 Å². The summed E-state index contributed by atoms with van der Waals surface area (Å²) in [5.41, 5.74) is 1.23. The highest BCUT2D eigenvalue weighted by molar-refractivity contribution is 6.29. The lowest BCUT2D eigenvalue weighted by Gasteiger charge is -2.33. The molecule has 0 fully saturated rings. The lowest BCUT2D eigenvalue weighted by Crippen LogP contribution is -2.29. The molecule has 0 saturated carbocycles. The number of pyridine rings is 1. The van der Waals surface area contributed by atoms with Gasteiger partial charge in [-0.15, -0.1) is 0 Å². The topological polar surface area (TPSA) is 91.7 Å². The van der Waals surface area contributed by atoms with Gasteiger partial charge in [-0.2, -0.15) is 0 Å². The Kier molecular flexibility index (Phi) is 9.01. The third-order valence-electron chi connectivity index (χ3n) is 5.76. The van der Waals surface area contributed by atoms with Gasteiger partial charge >= 0.3 is 0 Å². The monoisotopic (exact) mass is 545 g/mol. The van der Waals surface area contributed by atoms with E-state index in [1.165, 1.54) is 4.90 Å². The first-order chi connectivity index (χ1) is 17.8. The molecule has 11 heteroatoms. The Morgan fingerprint density at radius 2 is 2.03 bits per heavy atom. The Labute approximate surface area is 225 Å². The van der Waals surface area contributed by atoms with Crippen molar-refractivity contribution in [3.63, 3.8) is 0 Å². The van der Waals surface area contributed by atoms with Crippen LogP contribution in [0.15, 0.2) is 70.6 Å². The Hall–Kier alpha value is -3.63. The highest BCUT2D eigenvalue weighted by atomic mass is 35.5. The van der Waals surface area contributed by atoms with Gasteiger partial charge in [0.25, 0.3) is 0 Å². The fourth-order valence-corrected chi connectivity index (χ4v) is 3.88. The minimum Gasteiger partial charge on any atom is -0.486 e. The number of aliphatic hydroxyl groups is 1. The predicted octanol–water partition coefficient (Wildman–Crippen LogP) is 5.20. The SMILES string of the molecule is CC1=CN(C)C(c2ccnc(C(C)(C)O)n2)C=C1N(C=O)/C(C)=C\C(OCc1ncc(F)cc1F)=C(/C)Cl. The number of nitrogens with zero attached hydrogens (tertiary/aromatic N) is 5. The van der Waals surface area contributed by atoms with Gasteiger partial charge < -0.3 is 14.7 Å². The molecule has 3 rings (SSSR count). The molecule has 2 aromatic heterocycles. The molecule has 1 aliphatic heterocycles. The number of hydrogen-bond acceptors (Lipinski definition) is 7. The molecule has 0 aromatic carbocycles. The van der Waals surface area contributed by atoms with Crippen molar-refractivity contribution in [2.45, 2.75) is 52.9 Å². The maximum atomic E-state index is 14.0. The molecule has 1 atom stereocenters. The van der Waals surface area contributed by atoms with Crippen molar-refractivity contribution < 1.29 is 23.4 Å². The molecular weight excluding hydrogens is 516 g/mol. The van der Waals surface area contributed by atoms with Gasteiger partial charge in [0, 0.05) is 37.3 Å². The zero-order chi connectivity index (χ0) is 28.2. The van der Waals surface area contributed by atoms with Crippen molar-refractivity contribution in [2.75, 3.05) is 7.05 Å². The number of likely N-dealkylation sites (N-methyl/N-ethyl adjacent to an activating group) is 1. The molecule has 1 N–H and O–H groups in total. The first-order valence-electron chi connectivity index (χ1n) is 11.7. The van der Waals surface area contributed by atoms with Crippen molar-refractivity contribution >= 4 is 18.0 Å². The van der Waals surface area contributed by atoms with Crippen LogP contribution in [0.2, 0.25) is 0 Å². The molecule has 0 bridgehead atoms. The number of aromatic nitrogens is 3. The van der Waals surface area contributed by atoms with Crippen LogP contribution >= 0.6 is 11.6 Å². The number of carbonyl (C=O) groups is 1. The summed E-state index contributed by atoms with van der Waals surface area (Å²) < 4.78 is 32.8. The molecule has 0 radical (unpaired) electrons. The molecule has 1 amide bonds. The standard InChI is InChI=1S/C27H30ClF2N5O3/c1-16-13-34(6)24(21-7-8-31-26(33-21)27(4,5)37)11-23(16)35(15-36)17(2)9-25(18(3)28)38-14-22-20(30)10-19(29)12-32-22/h7-13,15,24,37H,14H2,1-6H3/b17-9-,25-18-. The van der Waals surface area contributed by atoms with E-state index in [-0.39, 0.29) is 35.0 Å². The van der Waals surface area contributed by atoms with Crippen molar-refractivity contribution in [1.82, 2.24) is 24.8 Å². The number of ether oxygens (including phenoxy) is 1. The minimum absolute atomic E-state index is 0.0879. The zero-order valence-electron chi connectivity index (χ0n) is 22.0. The highest BCUT2D eigenvalue weighted by Gasteiger charge is 2.27. The molecule has 0 aliphatic carbocycles. The molecule has 0 saturated heterocycles. The Morgan fingerprint density at radius 1 is 1.32 bits per heavy atom. The van der Waals surface area contributed by atoms with Crippen molar-refractivity contribution in [3.05, 3.63) is 99.5 Å². The lowest BCUT2D eigenvalue weighted by molar-refractivity contribution is -0.115. The Bertz CT molecular complexity index is 1330. The van der Waals surface area contributed by atoms with E-state index in [2.05, 4.69) is 15.0 Å². The molecule has 1 unspecified atom stereocenters. The van der Waals surface area contributed by atoms with E-state index in [1.807, 2.05) is 31.1 Å². The van der Waals surface area contributed by atoms with Gasteiger partial charge in [-0.05, 0) is 52.3 Å². The van der Waals surface area contributed by atoms with Gasteiger partial charge in [0.2, 0.25) is 6.41 Å². The van der Waals surface area contributed by atoms with E-state index in [1.54, 1.807) is 46.0 Å². The minimum atomic E-state index is -1.22. The first-order valence-corrected chi connectivity index (χ1v) is 12.1. The number of hydrogen-bond donors (Lipinski definition) is 1. The molecule has 8 nitrogen and oxygen atoms in total. The summed E-state index contributed by atoms with van der Waals surface area (Å²) in [5.74, 6) is -1.16. The van der Waals surface area contributed by atoms with E-state index < -0.39 is 17.2 Å². The van der Waals surface area contributed by atoms with E-state index >= 15 is 0 Å². The van der Waals surface area contributed by atoms with Crippen LogP contribution in [-0.4, -0.2) is 43.3 Å². The van der Waals surface area contributed by atoms with Crippen LogP contribution in [-0.2, 0) is 21.7 Å².